The number of nitrogens with one attached hydrogen (secondary N) is 1. The number of nitrogens with zero attached hydrogens (tertiary/aromatic N) is 4. The molecule has 5 nitrogen and oxygen atoms in total. The van der Waals surface area contributed by atoms with E-state index in [2.05, 4.69) is 34.9 Å². The lowest BCUT2D eigenvalue weighted by Crippen LogP contribution is -2.51. The van der Waals surface area contributed by atoms with Gasteiger partial charge in [-0.15, -0.1) is 6.42 Å². The first-order valence-electron chi connectivity index (χ1n) is 16.7. The van der Waals surface area contributed by atoms with Gasteiger partial charge in [-0.1, -0.05) is 48.7 Å². The lowest BCUT2D eigenvalue weighted by atomic mass is 9.95. The predicted molar refractivity (Wildman–Crippen MR) is 186 cm³/mol. The van der Waals surface area contributed by atoms with Crippen molar-refractivity contribution < 1.29 is 8.78 Å². The second-order valence-electron chi connectivity index (χ2n) is 13.5. The van der Waals surface area contributed by atoms with Crippen LogP contribution in [0, 0.1) is 29.9 Å². The molecule has 2 bridgehead atoms. The Kier molecular flexibility index (Phi) is 10.1. The molecule has 46 heavy (non-hydrogen) atoms. The predicted octanol–water partition coefficient (Wildman–Crippen LogP) is 8.04. The summed E-state index contributed by atoms with van der Waals surface area (Å²) in [6.45, 7) is 10.4. The third-order valence-electron chi connectivity index (χ3n) is 9.94. The van der Waals surface area contributed by atoms with Gasteiger partial charge in [-0.25, -0.2) is 18.7 Å². The van der Waals surface area contributed by atoms with Crippen LogP contribution < -0.4 is 10.2 Å². The third kappa shape index (κ3) is 7.15. The summed E-state index contributed by atoms with van der Waals surface area (Å²) in [5, 5.41) is 4.67. The van der Waals surface area contributed by atoms with Crippen molar-refractivity contribution in [2.24, 2.45) is 5.92 Å². The van der Waals surface area contributed by atoms with Gasteiger partial charge in [-0.2, -0.15) is 0 Å². The molecular weight excluding hydrogens is 600 g/mol. The normalized spacial score (nSPS) is 23.8. The van der Waals surface area contributed by atoms with E-state index in [1.54, 1.807) is 30.4 Å². The highest BCUT2D eigenvalue weighted by Gasteiger charge is 2.34. The van der Waals surface area contributed by atoms with Gasteiger partial charge >= 0.3 is 0 Å². The Bertz CT molecular complexity index is 1680. The smallest absolute Gasteiger partial charge is 0.158 e. The van der Waals surface area contributed by atoms with Gasteiger partial charge < -0.3 is 15.1 Å². The average Bonchev–Trinajstić information content (AvgIpc) is 3.38. The summed E-state index contributed by atoms with van der Waals surface area (Å²) in [6.07, 6.45) is 18.4. The van der Waals surface area contributed by atoms with Crippen LogP contribution in [-0.2, 0) is 6.42 Å². The van der Waals surface area contributed by atoms with Crippen molar-refractivity contribution in [1.29, 1.82) is 0 Å². The molecular formula is C38H44ClF2N5. The van der Waals surface area contributed by atoms with Crippen LogP contribution in [0.25, 0.3) is 22.6 Å². The number of piperazine rings is 1. The zero-order chi connectivity index (χ0) is 32.4. The summed E-state index contributed by atoms with van der Waals surface area (Å²) < 4.78 is 30.3. The maximum Gasteiger partial charge on any atom is 0.158 e. The fourth-order valence-electron chi connectivity index (χ4n) is 7.34. The molecule has 0 amide bonds. The van der Waals surface area contributed by atoms with E-state index in [0.29, 0.717) is 57.4 Å². The van der Waals surface area contributed by atoms with Gasteiger partial charge in [0.2, 0.25) is 0 Å². The molecule has 8 heteroatoms. The first kappa shape index (κ1) is 32.6. The third-order valence-corrected chi connectivity index (χ3v) is 10.2. The van der Waals surface area contributed by atoms with Crippen molar-refractivity contribution in [1.82, 2.24) is 20.2 Å². The van der Waals surface area contributed by atoms with Crippen molar-refractivity contribution in [3.8, 4) is 12.3 Å². The van der Waals surface area contributed by atoms with Crippen LogP contribution in [0.3, 0.4) is 0 Å². The van der Waals surface area contributed by atoms with Crippen LogP contribution in [0.2, 0.25) is 5.02 Å². The highest BCUT2D eigenvalue weighted by atomic mass is 35.5. The number of halogens is 3. The summed E-state index contributed by atoms with van der Waals surface area (Å²) in [5.41, 5.74) is 2.25. The number of benzene rings is 2. The lowest BCUT2D eigenvalue weighted by Gasteiger charge is -2.36. The van der Waals surface area contributed by atoms with Crippen molar-refractivity contribution >= 4 is 40.0 Å². The molecule has 3 fully saturated rings. The van der Waals surface area contributed by atoms with Crippen LogP contribution in [0.4, 0.5) is 14.6 Å². The topological polar surface area (TPSA) is 44.3 Å². The molecule has 0 radical (unpaired) electrons. The number of fused-ring (bicyclic) bond motifs is 3. The van der Waals surface area contributed by atoms with E-state index < -0.39 is 11.6 Å². The number of aromatic nitrogens is 2. The number of unbranched alkanes of at least 4 members (excludes halogenated alkanes) is 1. The van der Waals surface area contributed by atoms with Gasteiger partial charge in [0.15, 0.2) is 5.82 Å². The number of terminal acetylenes is 1. The van der Waals surface area contributed by atoms with Gasteiger partial charge in [0.25, 0.3) is 0 Å². The molecule has 242 valence electrons. The Morgan fingerprint density at radius 1 is 1.07 bits per heavy atom. The second-order valence-corrected chi connectivity index (χ2v) is 13.9. The summed E-state index contributed by atoms with van der Waals surface area (Å²) in [5.74, 6) is 3.71. The summed E-state index contributed by atoms with van der Waals surface area (Å²) in [7, 11) is 0. The van der Waals surface area contributed by atoms with Gasteiger partial charge in [0, 0.05) is 55.1 Å². The average molecular weight is 644 g/mol. The van der Waals surface area contributed by atoms with Gasteiger partial charge in [-0.05, 0) is 94.2 Å². The number of hydrogen-bond acceptors (Lipinski definition) is 5. The Labute approximate surface area is 277 Å². The minimum atomic E-state index is -0.434. The highest BCUT2D eigenvalue weighted by molar-refractivity contribution is 6.33. The van der Waals surface area contributed by atoms with Crippen LogP contribution >= 0.6 is 11.6 Å². The van der Waals surface area contributed by atoms with E-state index in [0.717, 1.165) is 69.2 Å². The molecule has 3 saturated heterocycles. The number of aryl methyl sites for hydroxylation is 1. The summed E-state index contributed by atoms with van der Waals surface area (Å²) in [4.78, 5) is 14.8. The van der Waals surface area contributed by atoms with Gasteiger partial charge in [0.1, 0.15) is 23.0 Å². The molecule has 1 aromatic heterocycles. The number of anilines is 1. The highest BCUT2D eigenvalue weighted by Crippen LogP contribution is 2.37. The van der Waals surface area contributed by atoms with Gasteiger partial charge in [0.05, 0.1) is 10.6 Å². The van der Waals surface area contributed by atoms with Crippen LogP contribution in [0.5, 0.6) is 0 Å². The molecule has 3 aromatic rings. The van der Waals surface area contributed by atoms with E-state index in [1.807, 2.05) is 13.0 Å². The molecule has 2 aromatic carbocycles. The fourth-order valence-corrected chi connectivity index (χ4v) is 7.68. The van der Waals surface area contributed by atoms with Crippen molar-refractivity contribution in [3.63, 3.8) is 0 Å². The van der Waals surface area contributed by atoms with Crippen LogP contribution in [0.1, 0.15) is 81.8 Å². The molecule has 4 atom stereocenters. The second kappa shape index (κ2) is 14.2. The van der Waals surface area contributed by atoms with Crippen LogP contribution in [-0.4, -0.2) is 59.2 Å². The number of hydrogen-bond donors (Lipinski definition) is 1. The van der Waals surface area contributed by atoms with E-state index in [1.165, 1.54) is 18.9 Å². The Balaban J connectivity index is 1.29. The molecule has 3 aliphatic heterocycles. The molecule has 0 spiro atoms. The molecule has 0 saturated carbocycles. The minimum Gasteiger partial charge on any atom is -0.353 e. The lowest BCUT2D eigenvalue weighted by molar-refractivity contribution is 0.123. The first-order valence-corrected chi connectivity index (χ1v) is 17.1. The molecule has 6 rings (SSSR count). The Morgan fingerprint density at radius 3 is 2.61 bits per heavy atom. The van der Waals surface area contributed by atoms with Crippen LogP contribution in [0.15, 0.2) is 36.4 Å². The number of rotatable bonds is 9. The Morgan fingerprint density at radius 2 is 1.85 bits per heavy atom. The van der Waals surface area contributed by atoms with Crippen molar-refractivity contribution in [2.75, 3.05) is 31.1 Å². The van der Waals surface area contributed by atoms with Gasteiger partial charge in [-0.3, -0.25) is 0 Å². The van der Waals surface area contributed by atoms with E-state index in [-0.39, 0.29) is 5.56 Å². The molecule has 0 aliphatic carbocycles. The van der Waals surface area contributed by atoms with E-state index >= 15 is 4.39 Å². The minimum absolute atomic E-state index is 0.200. The maximum absolute atomic E-state index is 16.5. The molecule has 4 heterocycles. The molecule has 1 N–H and O–H groups in total. The largest absolute Gasteiger partial charge is 0.353 e. The van der Waals surface area contributed by atoms with E-state index in [4.69, 9.17) is 28.0 Å². The standard InChI is InChI=1S/C38H44ClF2N5/c1-5-28-19-27(14-17-33(28)40)10-8-9-25(3)35-32(39)20-31-37(36(35)41)43-34(11-6-7-18-45-21-24(2)12-13-26(45)4)44-38(31)46-22-29-15-16-30(23-46)42-29/h1,8-10,14,17,19-20,24,26,29-30,42H,6-7,11-13,15-16,18,21-23H2,2-4H3/b10-8-,25-9+. The SMILES string of the molecule is C#Cc1cc(/C=C\C=C(/C)c2c(Cl)cc3c(N4CC5CCC(C4)N5)nc(CCCCN4CC(C)CCC4C)nc3c2F)ccc1F. The fraction of sp³-hybridized carbons (Fsp3) is 0.474. The van der Waals surface area contributed by atoms with E-state index in [9.17, 15) is 4.39 Å². The molecule has 3 aliphatic rings. The molecule has 4 unspecified atom stereocenters. The van der Waals surface area contributed by atoms with Crippen molar-refractivity contribution in [3.05, 3.63) is 75.6 Å². The number of piperidine rings is 1. The number of likely N-dealkylation sites (tertiary alicyclic amines) is 1. The first-order chi connectivity index (χ1) is 22.2. The van der Waals surface area contributed by atoms with Crippen molar-refractivity contribution in [2.45, 2.75) is 83.8 Å². The monoisotopic (exact) mass is 643 g/mol. The Hall–Kier alpha value is -3.31. The maximum atomic E-state index is 16.5. The quantitative estimate of drug-likeness (QED) is 0.145. The zero-order valence-electron chi connectivity index (χ0n) is 27.1. The zero-order valence-corrected chi connectivity index (χ0v) is 27.9. The summed E-state index contributed by atoms with van der Waals surface area (Å²) >= 11 is 6.82. The summed E-state index contributed by atoms with van der Waals surface area (Å²) in [6, 6.07) is 7.88. The number of allylic oxidation sites excluding steroid dienone is 3.